The van der Waals surface area contributed by atoms with Crippen LogP contribution in [0.3, 0.4) is 0 Å². The van der Waals surface area contributed by atoms with Gasteiger partial charge in [0.15, 0.2) is 5.03 Å². The summed E-state index contributed by atoms with van der Waals surface area (Å²) >= 11 is 6.64. The fourth-order valence-corrected chi connectivity index (χ4v) is 6.19. The van der Waals surface area contributed by atoms with Crippen LogP contribution in [0.2, 0.25) is 5.02 Å². The molecule has 0 saturated carbocycles. The standard InChI is InChI=1S/C18H17ClN2O4S3/c1-12(13-6-4-3-5-7-13)20-16-17(21-18(26-16)27(2,22)23)28(24,25)15-10-8-14(19)9-11-15/h3-12,20H,1-2H3/t12-/m0/s1. The second-order valence-corrected chi connectivity index (χ2v) is 11.6. The maximum absolute atomic E-state index is 13.1. The van der Waals surface area contributed by atoms with Crippen LogP contribution in [0, 0.1) is 0 Å². The lowest BCUT2D eigenvalue weighted by Crippen LogP contribution is -2.10. The lowest BCUT2D eigenvalue weighted by molar-refractivity contribution is 0.591. The minimum atomic E-state index is -4.04. The predicted molar refractivity (Wildman–Crippen MR) is 111 cm³/mol. The lowest BCUT2D eigenvalue weighted by atomic mass is 10.1. The van der Waals surface area contributed by atoms with E-state index in [9.17, 15) is 16.8 Å². The number of rotatable bonds is 6. The van der Waals surface area contributed by atoms with Crippen molar-refractivity contribution >= 4 is 47.6 Å². The second-order valence-electron chi connectivity index (χ2n) is 6.12. The molecule has 1 aromatic heterocycles. The van der Waals surface area contributed by atoms with Gasteiger partial charge in [-0.25, -0.2) is 21.8 Å². The molecule has 6 nitrogen and oxygen atoms in total. The average molecular weight is 457 g/mol. The van der Waals surface area contributed by atoms with Crippen molar-refractivity contribution in [2.45, 2.75) is 27.2 Å². The summed E-state index contributed by atoms with van der Waals surface area (Å²) in [5, 5.41) is 3.34. The number of nitrogens with zero attached hydrogens (tertiary/aromatic N) is 1. The quantitative estimate of drug-likeness (QED) is 0.597. The van der Waals surface area contributed by atoms with Gasteiger partial charge < -0.3 is 5.32 Å². The highest BCUT2D eigenvalue weighted by Gasteiger charge is 2.29. The maximum atomic E-state index is 13.1. The molecule has 148 valence electrons. The molecule has 2 aromatic carbocycles. The third-order valence-corrected chi connectivity index (χ3v) is 8.66. The molecule has 10 heteroatoms. The summed E-state index contributed by atoms with van der Waals surface area (Å²) in [6.45, 7) is 1.86. The molecule has 3 aromatic rings. The molecule has 0 bridgehead atoms. The lowest BCUT2D eigenvalue weighted by Gasteiger charge is -2.15. The summed E-state index contributed by atoms with van der Waals surface area (Å²) in [5.74, 6) is 0. The predicted octanol–water partition coefficient (Wildman–Crippen LogP) is 4.21. The zero-order chi connectivity index (χ0) is 20.5. The molecule has 0 aliphatic rings. The molecular weight excluding hydrogens is 440 g/mol. The Morgan fingerprint density at radius 2 is 1.61 bits per heavy atom. The van der Waals surface area contributed by atoms with Crippen LogP contribution in [0.4, 0.5) is 5.00 Å². The highest BCUT2D eigenvalue weighted by Crippen LogP contribution is 2.36. The largest absolute Gasteiger partial charge is 0.368 e. The van der Waals surface area contributed by atoms with Gasteiger partial charge in [-0.2, -0.15) is 0 Å². The van der Waals surface area contributed by atoms with Gasteiger partial charge in [-0.3, -0.25) is 0 Å². The van der Waals surface area contributed by atoms with Crippen LogP contribution >= 0.6 is 22.9 Å². The summed E-state index contributed by atoms with van der Waals surface area (Å²) in [6, 6.07) is 14.8. The van der Waals surface area contributed by atoms with Gasteiger partial charge in [-0.15, -0.1) is 0 Å². The summed E-state index contributed by atoms with van der Waals surface area (Å²) in [4.78, 5) is 3.93. The number of thiazole rings is 1. The minimum Gasteiger partial charge on any atom is -0.368 e. The first kappa shape index (κ1) is 20.8. The molecule has 0 amide bonds. The highest BCUT2D eigenvalue weighted by atomic mass is 35.5. The van der Waals surface area contributed by atoms with Crippen molar-refractivity contribution in [1.82, 2.24) is 4.98 Å². The molecule has 1 heterocycles. The van der Waals surface area contributed by atoms with Gasteiger partial charge in [0.05, 0.1) is 4.90 Å². The van der Waals surface area contributed by atoms with Crippen LogP contribution in [0.1, 0.15) is 18.5 Å². The van der Waals surface area contributed by atoms with Crippen molar-refractivity contribution in [3.05, 3.63) is 65.2 Å². The van der Waals surface area contributed by atoms with Crippen molar-refractivity contribution in [3.8, 4) is 0 Å². The van der Waals surface area contributed by atoms with Gasteiger partial charge >= 0.3 is 0 Å². The topological polar surface area (TPSA) is 93.2 Å². The van der Waals surface area contributed by atoms with Gasteiger partial charge in [0.1, 0.15) is 5.00 Å². The van der Waals surface area contributed by atoms with Crippen molar-refractivity contribution in [2.75, 3.05) is 11.6 Å². The molecule has 1 atom stereocenters. The first-order valence-electron chi connectivity index (χ1n) is 8.12. The molecule has 0 unspecified atom stereocenters. The van der Waals surface area contributed by atoms with Gasteiger partial charge in [0.2, 0.25) is 24.0 Å². The number of aromatic nitrogens is 1. The Hall–Kier alpha value is -1.94. The van der Waals surface area contributed by atoms with Crippen molar-refractivity contribution < 1.29 is 16.8 Å². The zero-order valence-corrected chi connectivity index (χ0v) is 18.2. The van der Waals surface area contributed by atoms with E-state index in [1.165, 1.54) is 24.3 Å². The summed E-state index contributed by atoms with van der Waals surface area (Å²) < 4.78 is 49.9. The van der Waals surface area contributed by atoms with E-state index in [0.717, 1.165) is 23.2 Å². The molecule has 0 saturated heterocycles. The van der Waals surface area contributed by atoms with E-state index < -0.39 is 19.7 Å². The Bertz CT molecular complexity index is 1190. The number of nitrogens with one attached hydrogen (secondary N) is 1. The highest BCUT2D eigenvalue weighted by molar-refractivity contribution is 7.93. The summed E-state index contributed by atoms with van der Waals surface area (Å²) in [6.07, 6.45) is 0.995. The van der Waals surface area contributed by atoms with E-state index >= 15 is 0 Å². The van der Waals surface area contributed by atoms with Crippen LogP contribution < -0.4 is 5.32 Å². The molecule has 0 spiro atoms. The van der Waals surface area contributed by atoms with Crippen molar-refractivity contribution in [2.24, 2.45) is 0 Å². The first-order chi connectivity index (χ1) is 13.1. The SMILES string of the molecule is C[C@H](Nc1sc(S(C)(=O)=O)nc1S(=O)(=O)c1ccc(Cl)cc1)c1ccccc1. The Labute approximate surface area is 173 Å². The van der Waals surface area contributed by atoms with E-state index in [1.54, 1.807) is 0 Å². The van der Waals surface area contributed by atoms with Crippen LogP contribution in [0.5, 0.6) is 0 Å². The Morgan fingerprint density at radius 1 is 1.00 bits per heavy atom. The smallest absolute Gasteiger partial charge is 0.226 e. The van der Waals surface area contributed by atoms with Crippen LogP contribution in [-0.4, -0.2) is 28.1 Å². The van der Waals surface area contributed by atoms with E-state index in [-0.39, 0.29) is 25.3 Å². The third kappa shape index (κ3) is 4.38. The second kappa shape index (κ2) is 7.82. The van der Waals surface area contributed by atoms with E-state index in [4.69, 9.17) is 11.6 Å². The van der Waals surface area contributed by atoms with Crippen LogP contribution in [0.15, 0.2) is 68.9 Å². The molecule has 0 aliphatic carbocycles. The molecule has 0 aliphatic heterocycles. The van der Waals surface area contributed by atoms with Crippen LogP contribution in [-0.2, 0) is 19.7 Å². The van der Waals surface area contributed by atoms with Crippen molar-refractivity contribution in [3.63, 3.8) is 0 Å². The monoisotopic (exact) mass is 456 g/mol. The number of hydrogen-bond donors (Lipinski definition) is 1. The fourth-order valence-electron chi connectivity index (χ4n) is 2.47. The number of anilines is 1. The maximum Gasteiger partial charge on any atom is 0.226 e. The Kier molecular flexibility index (Phi) is 5.81. The molecule has 1 N–H and O–H groups in total. The van der Waals surface area contributed by atoms with E-state index in [2.05, 4.69) is 10.3 Å². The molecule has 3 rings (SSSR count). The van der Waals surface area contributed by atoms with Gasteiger partial charge in [0.25, 0.3) is 0 Å². The fraction of sp³-hybridized carbons (Fsp3) is 0.167. The molecule has 0 radical (unpaired) electrons. The molecular formula is C18H17ClN2O4S3. The Balaban J connectivity index is 2.09. The number of sulfone groups is 2. The van der Waals surface area contributed by atoms with E-state index in [0.29, 0.717) is 5.02 Å². The Morgan fingerprint density at radius 3 is 2.18 bits per heavy atom. The van der Waals surface area contributed by atoms with Gasteiger partial charge in [0, 0.05) is 17.3 Å². The normalized spacial score (nSPS) is 13.2. The summed E-state index contributed by atoms with van der Waals surface area (Å²) in [7, 11) is -7.71. The number of hydrogen-bond acceptors (Lipinski definition) is 7. The number of halogens is 1. The van der Waals surface area contributed by atoms with E-state index in [1.807, 2.05) is 37.3 Å². The van der Waals surface area contributed by atoms with Crippen molar-refractivity contribution in [1.29, 1.82) is 0 Å². The molecule has 28 heavy (non-hydrogen) atoms. The van der Waals surface area contributed by atoms with Crippen LogP contribution in [0.25, 0.3) is 0 Å². The first-order valence-corrected chi connectivity index (χ1v) is 12.7. The van der Waals surface area contributed by atoms with Gasteiger partial charge in [-0.05, 0) is 36.8 Å². The third-order valence-electron chi connectivity index (χ3n) is 3.92. The number of benzene rings is 2. The minimum absolute atomic E-state index is 0.0161. The molecule has 0 fully saturated rings. The average Bonchev–Trinajstić information content (AvgIpc) is 3.08. The van der Waals surface area contributed by atoms with Gasteiger partial charge in [-0.1, -0.05) is 53.3 Å². The zero-order valence-electron chi connectivity index (χ0n) is 15.0. The summed E-state index contributed by atoms with van der Waals surface area (Å²) in [5.41, 5.74) is 0.923.